The van der Waals surface area contributed by atoms with E-state index in [0.717, 1.165) is 16.7 Å². The molecule has 1 aliphatic rings. The molecule has 32 heavy (non-hydrogen) atoms. The first kappa shape index (κ1) is 23.7. The SMILES string of the molecule is CC(C)CC(NC(=O)C(CCS(C)(=O)=O)N1C(=O)c2ccccc2C1=O)c1ccccc1. The minimum atomic E-state index is -3.41. The zero-order chi connectivity index (χ0) is 23.5. The van der Waals surface area contributed by atoms with Crippen molar-refractivity contribution in [3.8, 4) is 0 Å². The number of sulfone groups is 1. The van der Waals surface area contributed by atoms with Gasteiger partial charge in [-0.15, -0.1) is 0 Å². The molecule has 3 rings (SSSR count). The van der Waals surface area contributed by atoms with Crippen molar-refractivity contribution >= 4 is 27.6 Å². The van der Waals surface area contributed by atoms with E-state index in [9.17, 15) is 22.8 Å². The third kappa shape index (κ3) is 5.43. The fourth-order valence-corrected chi connectivity index (χ4v) is 4.55. The summed E-state index contributed by atoms with van der Waals surface area (Å²) < 4.78 is 23.6. The maximum Gasteiger partial charge on any atom is 0.262 e. The number of amides is 3. The van der Waals surface area contributed by atoms with Crippen molar-refractivity contribution in [1.29, 1.82) is 0 Å². The van der Waals surface area contributed by atoms with Crippen LogP contribution in [-0.4, -0.2) is 49.1 Å². The molecule has 0 saturated heterocycles. The summed E-state index contributed by atoms with van der Waals surface area (Å²) in [7, 11) is -3.41. The summed E-state index contributed by atoms with van der Waals surface area (Å²) >= 11 is 0. The highest BCUT2D eigenvalue weighted by Gasteiger charge is 2.43. The summed E-state index contributed by atoms with van der Waals surface area (Å²) in [5.41, 5.74) is 1.34. The van der Waals surface area contributed by atoms with Crippen LogP contribution in [0.1, 0.15) is 59.0 Å². The predicted octanol–water partition coefficient (Wildman–Crippen LogP) is 2.99. The molecule has 8 heteroatoms. The Morgan fingerprint density at radius 3 is 1.97 bits per heavy atom. The molecule has 0 aromatic heterocycles. The molecule has 0 bridgehead atoms. The van der Waals surface area contributed by atoms with Gasteiger partial charge < -0.3 is 5.32 Å². The Hall–Kier alpha value is -3.00. The topological polar surface area (TPSA) is 101 Å². The van der Waals surface area contributed by atoms with Crippen molar-refractivity contribution in [3.05, 3.63) is 71.3 Å². The highest BCUT2D eigenvalue weighted by atomic mass is 32.2. The lowest BCUT2D eigenvalue weighted by atomic mass is 9.96. The van der Waals surface area contributed by atoms with Crippen molar-refractivity contribution in [1.82, 2.24) is 10.2 Å². The molecular formula is C24H28N2O5S. The van der Waals surface area contributed by atoms with Gasteiger partial charge in [0.05, 0.1) is 22.9 Å². The van der Waals surface area contributed by atoms with Crippen LogP contribution in [0.2, 0.25) is 0 Å². The van der Waals surface area contributed by atoms with E-state index >= 15 is 0 Å². The monoisotopic (exact) mass is 456 g/mol. The summed E-state index contributed by atoms with van der Waals surface area (Å²) in [5, 5.41) is 2.97. The molecule has 1 heterocycles. The first-order valence-electron chi connectivity index (χ1n) is 10.6. The van der Waals surface area contributed by atoms with Crippen LogP contribution >= 0.6 is 0 Å². The molecule has 0 fully saturated rings. The van der Waals surface area contributed by atoms with Crippen molar-refractivity contribution in [2.24, 2.45) is 5.92 Å². The van der Waals surface area contributed by atoms with Gasteiger partial charge in [0.2, 0.25) is 5.91 Å². The highest BCUT2D eigenvalue weighted by molar-refractivity contribution is 7.90. The molecule has 0 spiro atoms. The normalized spacial score (nSPS) is 15.6. The number of fused-ring (bicyclic) bond motifs is 1. The second-order valence-electron chi connectivity index (χ2n) is 8.56. The quantitative estimate of drug-likeness (QED) is 0.585. The number of rotatable bonds is 9. The summed E-state index contributed by atoms with van der Waals surface area (Å²) in [4.78, 5) is 40.3. The largest absolute Gasteiger partial charge is 0.347 e. The Labute approximate surface area is 188 Å². The summed E-state index contributed by atoms with van der Waals surface area (Å²) in [6, 6.07) is 14.2. The minimum Gasteiger partial charge on any atom is -0.347 e. The van der Waals surface area contributed by atoms with Crippen molar-refractivity contribution in [2.45, 2.75) is 38.8 Å². The Balaban J connectivity index is 1.92. The fourth-order valence-electron chi connectivity index (χ4n) is 3.90. The molecule has 2 aromatic rings. The zero-order valence-electron chi connectivity index (χ0n) is 18.4. The zero-order valence-corrected chi connectivity index (χ0v) is 19.3. The number of nitrogens with one attached hydrogen (secondary N) is 1. The van der Waals surface area contributed by atoms with E-state index in [1.54, 1.807) is 12.1 Å². The van der Waals surface area contributed by atoms with E-state index in [2.05, 4.69) is 5.32 Å². The van der Waals surface area contributed by atoms with Crippen LogP contribution in [0.3, 0.4) is 0 Å². The molecule has 2 unspecified atom stereocenters. The Morgan fingerprint density at radius 1 is 0.938 bits per heavy atom. The van der Waals surface area contributed by atoms with Gasteiger partial charge in [0, 0.05) is 6.26 Å². The van der Waals surface area contributed by atoms with Crippen LogP contribution < -0.4 is 5.32 Å². The smallest absolute Gasteiger partial charge is 0.262 e. The summed E-state index contributed by atoms with van der Waals surface area (Å²) in [5.74, 6) is -1.76. The fraction of sp³-hybridized carbons (Fsp3) is 0.375. The van der Waals surface area contributed by atoms with E-state index in [1.165, 1.54) is 12.1 Å². The molecule has 0 aliphatic carbocycles. The molecule has 3 amide bonds. The Bertz CT molecular complexity index is 1080. The van der Waals surface area contributed by atoms with Gasteiger partial charge in [0.25, 0.3) is 11.8 Å². The number of carbonyl (C=O) groups excluding carboxylic acids is 3. The maximum atomic E-state index is 13.4. The van der Waals surface area contributed by atoms with Crippen molar-refractivity contribution in [2.75, 3.05) is 12.0 Å². The number of hydrogen-bond acceptors (Lipinski definition) is 5. The van der Waals surface area contributed by atoms with Crippen LogP contribution in [0.4, 0.5) is 0 Å². The second-order valence-corrected chi connectivity index (χ2v) is 10.8. The van der Waals surface area contributed by atoms with E-state index in [0.29, 0.717) is 6.42 Å². The second kappa shape index (κ2) is 9.65. The summed E-state index contributed by atoms with van der Waals surface area (Å²) in [6.07, 6.45) is 1.55. The van der Waals surface area contributed by atoms with Gasteiger partial charge in [-0.2, -0.15) is 0 Å². The van der Waals surface area contributed by atoms with Crippen molar-refractivity contribution < 1.29 is 22.8 Å². The van der Waals surface area contributed by atoms with E-state index in [1.807, 2.05) is 44.2 Å². The van der Waals surface area contributed by atoms with Gasteiger partial charge in [-0.1, -0.05) is 56.3 Å². The number of imide groups is 1. The standard InChI is InChI=1S/C24H28N2O5S/c1-16(2)15-20(17-9-5-4-6-10-17)25-22(27)21(13-14-32(3,30)31)26-23(28)18-11-7-8-12-19(18)24(26)29/h4-12,16,20-21H,13-15H2,1-3H3,(H,25,27). The molecule has 1 aliphatic heterocycles. The van der Waals surface area contributed by atoms with Crippen LogP contribution in [-0.2, 0) is 14.6 Å². The number of carbonyl (C=O) groups is 3. The van der Waals surface area contributed by atoms with Gasteiger partial charge in [-0.3, -0.25) is 19.3 Å². The predicted molar refractivity (Wildman–Crippen MR) is 122 cm³/mol. The number of nitrogens with zero attached hydrogens (tertiary/aromatic N) is 1. The average Bonchev–Trinajstić information content (AvgIpc) is 2.98. The van der Waals surface area contributed by atoms with Crippen LogP contribution in [0.5, 0.6) is 0 Å². The minimum absolute atomic E-state index is 0.167. The number of hydrogen-bond donors (Lipinski definition) is 1. The molecule has 0 saturated carbocycles. The lowest BCUT2D eigenvalue weighted by Gasteiger charge is -2.28. The first-order valence-corrected chi connectivity index (χ1v) is 12.6. The third-order valence-electron chi connectivity index (χ3n) is 5.43. The molecular weight excluding hydrogens is 428 g/mol. The lowest BCUT2D eigenvalue weighted by molar-refractivity contribution is -0.126. The Morgan fingerprint density at radius 2 is 1.47 bits per heavy atom. The van der Waals surface area contributed by atoms with E-state index < -0.39 is 33.6 Å². The lowest BCUT2D eigenvalue weighted by Crippen LogP contribution is -2.51. The van der Waals surface area contributed by atoms with Gasteiger partial charge in [-0.05, 0) is 36.5 Å². The first-order chi connectivity index (χ1) is 15.1. The van der Waals surface area contributed by atoms with Crippen LogP contribution in [0.15, 0.2) is 54.6 Å². The highest BCUT2D eigenvalue weighted by Crippen LogP contribution is 2.27. The van der Waals surface area contributed by atoms with Crippen LogP contribution in [0.25, 0.3) is 0 Å². The molecule has 2 aromatic carbocycles. The van der Waals surface area contributed by atoms with E-state index in [-0.39, 0.29) is 35.3 Å². The molecule has 1 N–H and O–H groups in total. The maximum absolute atomic E-state index is 13.4. The molecule has 7 nitrogen and oxygen atoms in total. The summed E-state index contributed by atoms with van der Waals surface area (Å²) in [6.45, 7) is 4.07. The van der Waals surface area contributed by atoms with Crippen molar-refractivity contribution in [3.63, 3.8) is 0 Å². The van der Waals surface area contributed by atoms with E-state index in [4.69, 9.17) is 0 Å². The molecule has 170 valence electrons. The van der Waals surface area contributed by atoms with Gasteiger partial charge in [0.1, 0.15) is 15.9 Å². The van der Waals surface area contributed by atoms with Crippen LogP contribution in [0, 0.1) is 5.92 Å². The van der Waals surface area contributed by atoms with Gasteiger partial charge in [0.15, 0.2) is 0 Å². The number of benzene rings is 2. The molecule has 2 atom stereocenters. The molecule has 0 radical (unpaired) electrons. The van der Waals surface area contributed by atoms with Gasteiger partial charge in [-0.25, -0.2) is 8.42 Å². The van der Waals surface area contributed by atoms with Gasteiger partial charge >= 0.3 is 0 Å². The Kier molecular flexibility index (Phi) is 7.13. The third-order valence-corrected chi connectivity index (χ3v) is 6.40. The average molecular weight is 457 g/mol.